The number of hydrogen-bond donors (Lipinski definition) is 1. The maximum absolute atomic E-state index is 13.0. The van der Waals surface area contributed by atoms with Crippen molar-refractivity contribution in [2.24, 2.45) is 5.41 Å². The molecule has 2 saturated heterocycles. The molecule has 0 unspecified atom stereocenters. The van der Waals surface area contributed by atoms with Crippen LogP contribution in [0.1, 0.15) is 41.5 Å². The molecule has 200 valence electrons. The Balaban J connectivity index is 1.16. The largest absolute Gasteiger partial charge is 0.398 e. The molecule has 1 aromatic carbocycles. The maximum Gasteiger partial charge on any atom is 0.320 e. The molecule has 0 saturated carbocycles. The molecule has 2 aromatic heterocycles. The molecule has 3 aromatic rings. The number of likely N-dealkylation sites (N-methyl/N-ethyl adjacent to an activating group) is 1. The minimum absolute atomic E-state index is 0.0289. The van der Waals surface area contributed by atoms with Crippen molar-refractivity contribution in [1.82, 2.24) is 24.7 Å². The van der Waals surface area contributed by atoms with Gasteiger partial charge in [0.25, 0.3) is 0 Å². The second-order valence-corrected chi connectivity index (χ2v) is 11.9. The van der Waals surface area contributed by atoms with Crippen LogP contribution < -0.4 is 5.73 Å². The normalized spacial score (nSPS) is 17.9. The van der Waals surface area contributed by atoms with Gasteiger partial charge in [-0.25, -0.2) is 14.8 Å². The molecule has 0 spiro atoms. The number of nitrogens with two attached hydrogens (primary N) is 1. The van der Waals surface area contributed by atoms with Gasteiger partial charge in [0.1, 0.15) is 5.82 Å². The predicted molar refractivity (Wildman–Crippen MR) is 151 cm³/mol. The number of aromatic nitrogens is 2. The number of benzene rings is 1. The fraction of sp³-hybridized carbons (Fsp3) is 0.448. The molecule has 5 rings (SSSR count). The Bertz CT molecular complexity index is 1260. The summed E-state index contributed by atoms with van der Waals surface area (Å²) in [7, 11) is 2.10. The summed E-state index contributed by atoms with van der Waals surface area (Å²) in [6, 6.07) is 10.1. The Morgan fingerprint density at radius 3 is 2.34 bits per heavy atom. The van der Waals surface area contributed by atoms with Crippen LogP contribution in [-0.4, -0.2) is 82.8 Å². The van der Waals surface area contributed by atoms with Crippen LogP contribution >= 0.6 is 11.3 Å². The summed E-state index contributed by atoms with van der Waals surface area (Å²) in [5.41, 5.74) is 9.19. The van der Waals surface area contributed by atoms with Gasteiger partial charge in [-0.15, -0.1) is 11.3 Å². The fourth-order valence-corrected chi connectivity index (χ4v) is 5.94. The molecular weight excluding hydrogens is 496 g/mol. The first-order chi connectivity index (χ1) is 18.3. The van der Waals surface area contributed by atoms with Crippen LogP contribution in [-0.2, 0) is 12.8 Å². The Morgan fingerprint density at radius 1 is 1.00 bits per heavy atom. The van der Waals surface area contributed by atoms with E-state index < -0.39 is 0 Å². The third-order valence-corrected chi connectivity index (χ3v) is 8.85. The minimum Gasteiger partial charge on any atom is -0.398 e. The number of thiophene rings is 1. The number of rotatable bonds is 6. The average molecular weight is 533 g/mol. The molecule has 0 radical (unpaired) electrons. The molecule has 0 bridgehead atoms. The fourth-order valence-electron chi connectivity index (χ4n) is 5.21. The van der Waals surface area contributed by atoms with Crippen molar-refractivity contribution >= 4 is 28.8 Å². The molecule has 2 N–H and O–H groups in total. The van der Waals surface area contributed by atoms with Gasteiger partial charge in [-0.2, -0.15) is 0 Å². The highest BCUT2D eigenvalue weighted by Crippen LogP contribution is 2.34. The highest BCUT2D eigenvalue weighted by atomic mass is 32.1. The van der Waals surface area contributed by atoms with Crippen molar-refractivity contribution in [3.63, 3.8) is 0 Å². The maximum atomic E-state index is 13.0. The number of anilines is 1. The zero-order valence-electron chi connectivity index (χ0n) is 22.2. The van der Waals surface area contributed by atoms with Gasteiger partial charge in [0.2, 0.25) is 0 Å². The van der Waals surface area contributed by atoms with Crippen molar-refractivity contribution in [3.05, 3.63) is 65.1 Å². The van der Waals surface area contributed by atoms with Gasteiger partial charge in [0, 0.05) is 75.1 Å². The number of likely N-dealkylation sites (tertiary alicyclic amines) is 1. The van der Waals surface area contributed by atoms with Crippen molar-refractivity contribution < 1.29 is 9.59 Å². The van der Waals surface area contributed by atoms with Gasteiger partial charge >= 0.3 is 6.03 Å². The Hall–Kier alpha value is -3.30. The van der Waals surface area contributed by atoms with E-state index in [1.165, 1.54) is 0 Å². The van der Waals surface area contributed by atoms with Crippen molar-refractivity contribution in [2.45, 2.75) is 32.6 Å². The molecule has 2 amide bonds. The first-order valence-corrected chi connectivity index (χ1v) is 14.2. The lowest BCUT2D eigenvalue weighted by atomic mass is 9.77. The summed E-state index contributed by atoms with van der Waals surface area (Å²) in [4.78, 5) is 42.4. The second kappa shape index (κ2) is 11.2. The summed E-state index contributed by atoms with van der Waals surface area (Å²) in [5, 5.41) is 2.04. The quantitative estimate of drug-likeness (QED) is 0.377. The van der Waals surface area contributed by atoms with Crippen molar-refractivity contribution in [2.75, 3.05) is 52.0 Å². The number of urea groups is 1. The van der Waals surface area contributed by atoms with Gasteiger partial charge in [0.05, 0.1) is 5.56 Å². The van der Waals surface area contributed by atoms with Crippen LogP contribution in [0, 0.1) is 5.41 Å². The van der Waals surface area contributed by atoms with E-state index in [0.29, 0.717) is 11.3 Å². The van der Waals surface area contributed by atoms with Crippen LogP contribution in [0.5, 0.6) is 0 Å². The first-order valence-electron chi connectivity index (χ1n) is 13.3. The number of carbonyl (C=O) groups excluding carboxylic acids is 2. The van der Waals surface area contributed by atoms with E-state index in [9.17, 15) is 9.59 Å². The number of ketones is 1. The second-order valence-electron chi connectivity index (χ2n) is 10.9. The predicted octanol–water partition coefficient (Wildman–Crippen LogP) is 4.22. The summed E-state index contributed by atoms with van der Waals surface area (Å²) in [6.07, 6.45) is 6.04. The molecular formula is C29H36N6O2S. The van der Waals surface area contributed by atoms with Gasteiger partial charge in [0.15, 0.2) is 5.78 Å². The van der Waals surface area contributed by atoms with E-state index >= 15 is 0 Å². The topological polar surface area (TPSA) is 95.7 Å². The lowest BCUT2D eigenvalue weighted by Gasteiger charge is -2.42. The molecule has 2 aliphatic rings. The van der Waals surface area contributed by atoms with Crippen LogP contribution in [0.2, 0.25) is 0 Å². The molecule has 2 fully saturated rings. The van der Waals surface area contributed by atoms with Gasteiger partial charge in [-0.3, -0.25) is 4.79 Å². The lowest BCUT2D eigenvalue weighted by molar-refractivity contribution is 0.0889. The number of carbonyl (C=O) groups is 2. The zero-order chi connectivity index (χ0) is 26.7. The Kier molecular flexibility index (Phi) is 7.76. The number of nitrogen functional groups attached to an aromatic ring is 1. The van der Waals surface area contributed by atoms with Crippen LogP contribution in [0.4, 0.5) is 10.5 Å². The number of Topliss-reactive ketones (excluding diaryl/α,β-unsaturated/α-hetero) is 1. The summed E-state index contributed by atoms with van der Waals surface area (Å²) < 4.78 is 0. The summed E-state index contributed by atoms with van der Waals surface area (Å²) in [6.45, 7) is 7.22. The van der Waals surface area contributed by atoms with Gasteiger partial charge in [-0.05, 0) is 60.0 Å². The summed E-state index contributed by atoms with van der Waals surface area (Å²) >= 11 is 1.66. The van der Waals surface area contributed by atoms with Gasteiger partial charge < -0.3 is 20.4 Å². The standard InChI is InChI=1S/C29H36N6O2S/c1-29(7-9-34(10-8-29)28(37)35-13-11-33(2)12-14-35)18-27-31-19-23(20-32-27)25(36)17-22-16-21(5-6-24(22)30)26-4-3-15-38-26/h3-6,15-16,19-20H,7-14,17-18,30H2,1-2H3. The number of nitrogens with zero attached hydrogens (tertiary/aromatic N) is 5. The van der Waals surface area contributed by atoms with E-state index in [0.717, 1.165) is 80.4 Å². The number of piperidine rings is 1. The zero-order valence-corrected chi connectivity index (χ0v) is 23.0. The van der Waals surface area contributed by atoms with E-state index in [4.69, 9.17) is 5.73 Å². The molecule has 9 heteroatoms. The van der Waals surface area contributed by atoms with E-state index in [1.54, 1.807) is 23.7 Å². The minimum atomic E-state index is -0.0477. The van der Waals surface area contributed by atoms with Crippen LogP contribution in [0.25, 0.3) is 10.4 Å². The van der Waals surface area contributed by atoms with Crippen LogP contribution in [0.15, 0.2) is 48.1 Å². The average Bonchev–Trinajstić information content (AvgIpc) is 3.46. The first kappa shape index (κ1) is 26.3. The number of hydrogen-bond acceptors (Lipinski definition) is 7. The van der Waals surface area contributed by atoms with Crippen molar-refractivity contribution in [3.8, 4) is 10.4 Å². The molecule has 38 heavy (non-hydrogen) atoms. The smallest absolute Gasteiger partial charge is 0.320 e. The molecule has 0 atom stereocenters. The van der Waals surface area contributed by atoms with Crippen LogP contribution in [0.3, 0.4) is 0 Å². The molecule has 0 aliphatic carbocycles. The summed E-state index contributed by atoms with van der Waals surface area (Å²) in [5.74, 6) is 0.690. The highest BCUT2D eigenvalue weighted by molar-refractivity contribution is 7.13. The van der Waals surface area contributed by atoms with E-state index in [1.807, 2.05) is 39.4 Å². The Labute approximate surface area is 228 Å². The monoisotopic (exact) mass is 532 g/mol. The lowest BCUT2D eigenvalue weighted by Crippen LogP contribution is -2.54. The third-order valence-electron chi connectivity index (χ3n) is 7.93. The SMILES string of the molecule is CN1CCN(C(=O)N2CCC(C)(Cc3ncc(C(=O)Cc4cc(-c5cccs5)ccc4N)cn3)CC2)CC1. The molecule has 4 heterocycles. The molecule has 2 aliphatic heterocycles. The number of piperazine rings is 1. The van der Waals surface area contributed by atoms with Gasteiger partial charge in [-0.1, -0.05) is 19.1 Å². The molecule has 8 nitrogen and oxygen atoms in total. The third kappa shape index (κ3) is 6.05. The highest BCUT2D eigenvalue weighted by Gasteiger charge is 2.34. The number of amides is 2. The van der Waals surface area contributed by atoms with E-state index in [2.05, 4.69) is 34.9 Å². The van der Waals surface area contributed by atoms with E-state index in [-0.39, 0.29) is 23.7 Å². The Morgan fingerprint density at radius 2 is 1.68 bits per heavy atom. The van der Waals surface area contributed by atoms with Crippen molar-refractivity contribution in [1.29, 1.82) is 0 Å².